The summed E-state index contributed by atoms with van der Waals surface area (Å²) in [6, 6.07) is 0. The predicted molar refractivity (Wildman–Crippen MR) is 61.6 cm³/mol. The minimum absolute atomic E-state index is 0.248. The van der Waals surface area contributed by atoms with Crippen LogP contribution in [0.4, 0.5) is 0 Å². The maximum Gasteiger partial charge on any atom is 0.328 e. The van der Waals surface area contributed by atoms with Gasteiger partial charge >= 0.3 is 5.69 Å². The van der Waals surface area contributed by atoms with Gasteiger partial charge in [0.25, 0.3) is 5.56 Å². The maximum absolute atomic E-state index is 11.4. The van der Waals surface area contributed by atoms with Crippen LogP contribution in [0.2, 0.25) is 0 Å². The molecule has 1 N–H and O–H groups in total. The Morgan fingerprint density at radius 3 is 2.75 bits per heavy atom. The number of rotatable bonds is 6. The second-order valence-corrected chi connectivity index (χ2v) is 3.60. The van der Waals surface area contributed by atoms with Gasteiger partial charge in [0.2, 0.25) is 0 Å². The number of nitrogens with one attached hydrogen (secondary N) is 1. The lowest BCUT2D eigenvalue weighted by Gasteiger charge is -2.06. The molecule has 0 unspecified atom stereocenters. The Bertz CT molecular complexity index is 396. The van der Waals surface area contributed by atoms with Gasteiger partial charge in [-0.1, -0.05) is 13.3 Å². The van der Waals surface area contributed by atoms with E-state index < -0.39 is 0 Å². The Hall–Kier alpha value is -1.36. The molecule has 0 aliphatic rings. The number of aromatic amines is 1. The third-order valence-corrected chi connectivity index (χ3v) is 2.30. The molecule has 0 aliphatic heterocycles. The molecule has 0 amide bonds. The zero-order valence-electron chi connectivity index (χ0n) is 9.78. The third-order valence-electron chi connectivity index (χ3n) is 2.30. The van der Waals surface area contributed by atoms with Gasteiger partial charge in [-0.2, -0.15) is 0 Å². The van der Waals surface area contributed by atoms with Crippen LogP contribution in [0.15, 0.2) is 15.8 Å². The molecule has 0 fully saturated rings. The summed E-state index contributed by atoms with van der Waals surface area (Å²) in [5.74, 6) is 0. The second-order valence-electron chi connectivity index (χ2n) is 3.60. The van der Waals surface area contributed by atoms with E-state index in [9.17, 15) is 9.59 Å². The number of nitrogens with zero attached hydrogens (tertiary/aromatic N) is 1. The molecule has 0 saturated carbocycles. The summed E-state index contributed by atoms with van der Waals surface area (Å²) in [6.07, 6.45) is 3.51. The molecular formula is C11H18N2O3. The predicted octanol–water partition coefficient (Wildman–Crippen LogP) is 0.873. The number of H-pyrrole nitrogens is 1. The monoisotopic (exact) mass is 226 g/mol. The number of hydrogen-bond donors (Lipinski definition) is 1. The van der Waals surface area contributed by atoms with E-state index in [4.69, 9.17) is 4.74 Å². The van der Waals surface area contributed by atoms with Crippen molar-refractivity contribution in [2.75, 3.05) is 6.61 Å². The normalized spacial score (nSPS) is 10.6. The number of unbranched alkanes of at least 4 members (excludes halogenated alkanes) is 1. The Kier molecular flexibility index (Phi) is 4.98. The highest BCUT2D eigenvalue weighted by molar-refractivity contribution is 5.02. The largest absolute Gasteiger partial charge is 0.377 e. The molecule has 5 heteroatoms. The number of ether oxygens (including phenoxy) is 1. The fraction of sp³-hybridized carbons (Fsp3) is 0.636. The summed E-state index contributed by atoms with van der Waals surface area (Å²) in [4.78, 5) is 25.2. The van der Waals surface area contributed by atoms with Gasteiger partial charge in [0, 0.05) is 19.3 Å². The van der Waals surface area contributed by atoms with Gasteiger partial charge in [-0.25, -0.2) is 4.79 Å². The van der Waals surface area contributed by atoms with Crippen LogP contribution in [-0.2, 0) is 17.9 Å². The third kappa shape index (κ3) is 3.34. The maximum atomic E-state index is 11.4. The Labute approximate surface area is 94.1 Å². The minimum atomic E-state index is -0.355. The van der Waals surface area contributed by atoms with Crippen LogP contribution in [-0.4, -0.2) is 16.2 Å². The Morgan fingerprint density at radius 2 is 2.12 bits per heavy atom. The van der Waals surface area contributed by atoms with Crippen LogP contribution in [0, 0.1) is 0 Å². The summed E-state index contributed by atoms with van der Waals surface area (Å²) in [5, 5.41) is 0. The van der Waals surface area contributed by atoms with Crippen molar-refractivity contribution in [2.45, 2.75) is 39.8 Å². The number of hydrogen-bond acceptors (Lipinski definition) is 3. The van der Waals surface area contributed by atoms with Crippen molar-refractivity contribution in [1.82, 2.24) is 9.55 Å². The van der Waals surface area contributed by atoms with E-state index >= 15 is 0 Å². The first-order chi connectivity index (χ1) is 7.69. The van der Waals surface area contributed by atoms with Crippen molar-refractivity contribution in [3.8, 4) is 0 Å². The first-order valence-electron chi connectivity index (χ1n) is 5.59. The zero-order valence-corrected chi connectivity index (χ0v) is 9.78. The highest BCUT2D eigenvalue weighted by Gasteiger charge is 2.04. The first-order valence-corrected chi connectivity index (χ1v) is 5.59. The van der Waals surface area contributed by atoms with Crippen LogP contribution in [0.5, 0.6) is 0 Å². The summed E-state index contributed by atoms with van der Waals surface area (Å²) in [5.41, 5.74) is -0.206. The van der Waals surface area contributed by atoms with Gasteiger partial charge < -0.3 is 9.30 Å². The second kappa shape index (κ2) is 6.27. The topological polar surface area (TPSA) is 64.1 Å². The summed E-state index contributed by atoms with van der Waals surface area (Å²) >= 11 is 0. The van der Waals surface area contributed by atoms with Gasteiger partial charge in [-0.15, -0.1) is 0 Å². The number of aryl methyl sites for hydroxylation is 1. The summed E-state index contributed by atoms with van der Waals surface area (Å²) < 4.78 is 6.69. The molecule has 0 atom stereocenters. The molecule has 0 aromatic carbocycles. The van der Waals surface area contributed by atoms with Crippen molar-refractivity contribution in [2.24, 2.45) is 0 Å². The summed E-state index contributed by atoms with van der Waals surface area (Å²) in [6.45, 7) is 5.34. The molecule has 1 rings (SSSR count). The average molecular weight is 226 g/mol. The Morgan fingerprint density at radius 1 is 1.38 bits per heavy atom. The molecule has 5 nitrogen and oxygen atoms in total. The fourth-order valence-corrected chi connectivity index (χ4v) is 1.36. The molecule has 0 bridgehead atoms. The molecule has 1 aromatic rings. The van der Waals surface area contributed by atoms with Crippen molar-refractivity contribution < 1.29 is 4.74 Å². The smallest absolute Gasteiger partial charge is 0.328 e. The lowest BCUT2D eigenvalue weighted by Crippen LogP contribution is -2.32. The number of aromatic nitrogens is 2. The lowest BCUT2D eigenvalue weighted by molar-refractivity contribution is 0.132. The van der Waals surface area contributed by atoms with Crippen LogP contribution >= 0.6 is 0 Å². The molecule has 0 radical (unpaired) electrons. The molecule has 0 saturated heterocycles. The van der Waals surface area contributed by atoms with E-state index in [0.29, 0.717) is 18.7 Å². The van der Waals surface area contributed by atoms with Gasteiger partial charge in [-0.3, -0.25) is 9.78 Å². The van der Waals surface area contributed by atoms with Crippen molar-refractivity contribution in [3.05, 3.63) is 32.6 Å². The van der Waals surface area contributed by atoms with Crippen LogP contribution in [0.1, 0.15) is 32.3 Å². The zero-order chi connectivity index (χ0) is 12.0. The molecule has 0 aliphatic carbocycles. The van der Waals surface area contributed by atoms with Crippen LogP contribution in [0.25, 0.3) is 0 Å². The fourth-order valence-electron chi connectivity index (χ4n) is 1.36. The van der Waals surface area contributed by atoms with Crippen LogP contribution < -0.4 is 11.2 Å². The SMILES string of the molecule is CCCCn1cc(COCC)c(=O)[nH]c1=O. The lowest BCUT2D eigenvalue weighted by atomic mass is 10.3. The van der Waals surface area contributed by atoms with Gasteiger partial charge in [0.15, 0.2) is 0 Å². The highest BCUT2D eigenvalue weighted by atomic mass is 16.5. The molecule has 90 valence electrons. The molecular weight excluding hydrogens is 208 g/mol. The van der Waals surface area contributed by atoms with E-state index in [1.54, 1.807) is 6.20 Å². The van der Waals surface area contributed by atoms with Crippen LogP contribution in [0.3, 0.4) is 0 Å². The van der Waals surface area contributed by atoms with Crippen molar-refractivity contribution >= 4 is 0 Å². The molecule has 16 heavy (non-hydrogen) atoms. The first kappa shape index (κ1) is 12.7. The quantitative estimate of drug-likeness (QED) is 0.783. The standard InChI is InChI=1S/C11H18N2O3/c1-3-5-6-13-7-9(8-16-4-2)10(14)12-11(13)15/h7H,3-6,8H2,1-2H3,(H,12,14,15). The Balaban J connectivity index is 2.92. The minimum Gasteiger partial charge on any atom is -0.377 e. The van der Waals surface area contributed by atoms with Gasteiger partial charge in [0.1, 0.15) is 0 Å². The molecule has 1 aromatic heterocycles. The van der Waals surface area contributed by atoms with E-state index in [2.05, 4.69) is 11.9 Å². The van der Waals surface area contributed by atoms with E-state index in [-0.39, 0.29) is 17.9 Å². The van der Waals surface area contributed by atoms with E-state index in [1.165, 1.54) is 4.57 Å². The van der Waals surface area contributed by atoms with Crippen molar-refractivity contribution in [1.29, 1.82) is 0 Å². The van der Waals surface area contributed by atoms with Gasteiger partial charge in [0.05, 0.1) is 12.2 Å². The highest BCUT2D eigenvalue weighted by Crippen LogP contribution is 1.95. The average Bonchev–Trinajstić information content (AvgIpc) is 2.26. The van der Waals surface area contributed by atoms with E-state index in [0.717, 1.165) is 12.8 Å². The molecule has 1 heterocycles. The summed E-state index contributed by atoms with van der Waals surface area (Å²) in [7, 11) is 0. The van der Waals surface area contributed by atoms with E-state index in [1.807, 2.05) is 6.92 Å². The molecule has 0 spiro atoms. The van der Waals surface area contributed by atoms with Crippen molar-refractivity contribution in [3.63, 3.8) is 0 Å². The van der Waals surface area contributed by atoms with Gasteiger partial charge in [-0.05, 0) is 13.3 Å².